The number of hydrogen-bond acceptors (Lipinski definition) is 5. The Balaban J connectivity index is 1.91. The zero-order chi connectivity index (χ0) is 14.2. The van der Waals surface area contributed by atoms with Gasteiger partial charge in [0.2, 0.25) is 0 Å². The van der Waals surface area contributed by atoms with Gasteiger partial charge in [-0.2, -0.15) is 5.01 Å². The number of nitrogens with zero attached hydrogens (tertiary/aromatic N) is 1. The van der Waals surface area contributed by atoms with E-state index in [9.17, 15) is 15.0 Å². The number of aliphatic hydroxyl groups is 1. The Labute approximate surface area is 116 Å². The quantitative estimate of drug-likeness (QED) is 0.623. The van der Waals surface area contributed by atoms with E-state index in [4.69, 9.17) is 0 Å². The molecular weight excluding hydrogens is 258 g/mol. The molecule has 0 amide bonds. The molecule has 0 saturated heterocycles. The van der Waals surface area contributed by atoms with Gasteiger partial charge in [0.15, 0.2) is 0 Å². The fraction of sp³-hybridized carbons (Fsp3) is 0.357. The first-order chi connectivity index (χ1) is 9.62. The molecule has 4 N–H and O–H groups in total. The van der Waals surface area contributed by atoms with Crippen LogP contribution in [0.4, 0.5) is 0 Å². The van der Waals surface area contributed by atoms with Gasteiger partial charge in [-0.1, -0.05) is 30.3 Å². The topological polar surface area (TPSA) is 84.8 Å². The Morgan fingerprint density at radius 2 is 2.10 bits per heavy atom. The van der Waals surface area contributed by atoms with Crippen LogP contribution in [0, 0.1) is 0 Å². The lowest BCUT2D eigenvalue weighted by molar-refractivity contribution is -0.176. The molecule has 6 nitrogen and oxygen atoms in total. The number of aliphatic carboxylic acids is 1. The van der Waals surface area contributed by atoms with Gasteiger partial charge in [-0.3, -0.25) is 0 Å². The summed E-state index contributed by atoms with van der Waals surface area (Å²) in [6.07, 6.45) is 0.691. The third-order valence-corrected chi connectivity index (χ3v) is 3.78. The second kappa shape index (κ2) is 4.90. The van der Waals surface area contributed by atoms with E-state index < -0.39 is 11.7 Å². The third kappa shape index (κ3) is 1.98. The highest BCUT2D eigenvalue weighted by Gasteiger charge is 2.52. The van der Waals surface area contributed by atoms with E-state index >= 15 is 0 Å². The number of hydrogen-bond donors (Lipinski definition) is 4. The molecule has 0 aliphatic carbocycles. The summed E-state index contributed by atoms with van der Waals surface area (Å²) in [6.45, 7) is 1.48. The Morgan fingerprint density at radius 3 is 2.80 bits per heavy atom. The summed E-state index contributed by atoms with van der Waals surface area (Å²) in [7, 11) is 0. The zero-order valence-electron chi connectivity index (χ0n) is 11.0. The van der Waals surface area contributed by atoms with Crippen LogP contribution in [0.2, 0.25) is 0 Å². The van der Waals surface area contributed by atoms with Gasteiger partial charge in [0.05, 0.1) is 0 Å². The van der Waals surface area contributed by atoms with Gasteiger partial charge in [-0.05, 0) is 5.56 Å². The van der Waals surface area contributed by atoms with Crippen LogP contribution >= 0.6 is 0 Å². The number of carbonyl (C=O) groups is 1. The molecule has 2 aliphatic rings. The predicted molar refractivity (Wildman–Crippen MR) is 72.2 cm³/mol. The lowest BCUT2D eigenvalue weighted by atomic mass is 9.98. The molecule has 0 spiro atoms. The van der Waals surface area contributed by atoms with Crippen LogP contribution < -0.4 is 10.7 Å². The van der Waals surface area contributed by atoms with Crippen molar-refractivity contribution in [3.05, 3.63) is 47.2 Å². The summed E-state index contributed by atoms with van der Waals surface area (Å²) in [5.74, 6) is -1.25. The van der Waals surface area contributed by atoms with Crippen LogP contribution in [0.5, 0.6) is 0 Å². The van der Waals surface area contributed by atoms with E-state index in [1.165, 1.54) is 5.01 Å². The number of carboxylic acids is 1. The summed E-state index contributed by atoms with van der Waals surface area (Å²) in [4.78, 5) is 11.6. The van der Waals surface area contributed by atoms with Crippen molar-refractivity contribution >= 4 is 5.97 Å². The lowest BCUT2D eigenvalue weighted by Gasteiger charge is -2.31. The van der Waals surface area contributed by atoms with Crippen molar-refractivity contribution in [2.45, 2.75) is 18.7 Å². The first kappa shape index (κ1) is 13.1. The van der Waals surface area contributed by atoms with Crippen LogP contribution in [-0.2, 0) is 11.3 Å². The second-order valence-electron chi connectivity index (χ2n) is 5.04. The highest BCUT2D eigenvalue weighted by atomic mass is 16.4. The largest absolute Gasteiger partial charge is 0.478 e. The standard InChI is InChI=1S/C14H17N3O3/c18-13(19)14(20)11-8-15-7-6-12(11)16-17(14)9-10-4-2-1-3-5-10/h1-5,15-16,20H,6-9H2,(H,18,19). The maximum Gasteiger partial charge on any atom is 0.357 e. The zero-order valence-corrected chi connectivity index (χ0v) is 11.0. The van der Waals surface area contributed by atoms with Crippen molar-refractivity contribution < 1.29 is 15.0 Å². The molecular formula is C14H17N3O3. The van der Waals surface area contributed by atoms with Crippen molar-refractivity contribution in [1.29, 1.82) is 0 Å². The maximum absolute atomic E-state index is 11.6. The monoisotopic (exact) mass is 275 g/mol. The van der Waals surface area contributed by atoms with Gasteiger partial charge >= 0.3 is 5.97 Å². The van der Waals surface area contributed by atoms with Crippen LogP contribution in [0.1, 0.15) is 12.0 Å². The number of rotatable bonds is 3. The molecule has 2 heterocycles. The lowest BCUT2D eigenvalue weighted by Crippen LogP contribution is -2.56. The van der Waals surface area contributed by atoms with E-state index in [1.807, 2.05) is 30.3 Å². The number of hydrazine groups is 1. The average molecular weight is 275 g/mol. The summed E-state index contributed by atoms with van der Waals surface area (Å²) >= 11 is 0. The Morgan fingerprint density at radius 1 is 1.35 bits per heavy atom. The van der Waals surface area contributed by atoms with Crippen molar-refractivity contribution in [2.24, 2.45) is 0 Å². The molecule has 2 aliphatic heterocycles. The molecule has 0 bridgehead atoms. The highest BCUT2D eigenvalue weighted by molar-refractivity contribution is 5.82. The normalized spacial score (nSPS) is 26.2. The summed E-state index contributed by atoms with van der Waals surface area (Å²) in [5.41, 5.74) is 3.32. The van der Waals surface area contributed by atoms with Gasteiger partial charge in [0, 0.05) is 37.3 Å². The van der Waals surface area contributed by atoms with E-state index in [0.29, 0.717) is 25.1 Å². The fourth-order valence-electron chi connectivity index (χ4n) is 2.71. The molecule has 0 aromatic heterocycles. The Kier molecular flexibility index (Phi) is 3.21. The first-order valence-corrected chi connectivity index (χ1v) is 6.59. The Bertz CT molecular complexity index is 558. The van der Waals surface area contributed by atoms with Crippen molar-refractivity contribution in [3.8, 4) is 0 Å². The second-order valence-corrected chi connectivity index (χ2v) is 5.04. The minimum absolute atomic E-state index is 0.316. The van der Waals surface area contributed by atoms with Gasteiger partial charge < -0.3 is 21.0 Å². The number of carboxylic acid groups (broad SMARTS) is 1. The predicted octanol–water partition coefficient (Wildman–Crippen LogP) is 0.0274. The number of nitrogens with one attached hydrogen (secondary N) is 2. The molecule has 3 rings (SSSR count). The third-order valence-electron chi connectivity index (χ3n) is 3.78. The molecule has 1 atom stereocenters. The smallest absolute Gasteiger partial charge is 0.357 e. The van der Waals surface area contributed by atoms with E-state index in [1.54, 1.807) is 0 Å². The van der Waals surface area contributed by atoms with E-state index in [2.05, 4.69) is 10.7 Å². The van der Waals surface area contributed by atoms with Crippen molar-refractivity contribution in [3.63, 3.8) is 0 Å². The molecule has 1 aromatic carbocycles. The summed E-state index contributed by atoms with van der Waals surface area (Å²) in [6, 6.07) is 9.48. The van der Waals surface area contributed by atoms with Crippen LogP contribution in [0.25, 0.3) is 0 Å². The summed E-state index contributed by atoms with van der Waals surface area (Å²) < 4.78 is 0. The van der Waals surface area contributed by atoms with Crippen LogP contribution in [-0.4, -0.2) is 40.0 Å². The molecule has 0 fully saturated rings. The van der Waals surface area contributed by atoms with Crippen LogP contribution in [0.3, 0.4) is 0 Å². The van der Waals surface area contributed by atoms with Gasteiger partial charge in [-0.25, -0.2) is 4.79 Å². The molecule has 106 valence electrons. The van der Waals surface area contributed by atoms with Gasteiger partial charge in [0.1, 0.15) is 0 Å². The molecule has 6 heteroatoms. The first-order valence-electron chi connectivity index (χ1n) is 6.59. The van der Waals surface area contributed by atoms with Crippen molar-refractivity contribution in [2.75, 3.05) is 13.1 Å². The van der Waals surface area contributed by atoms with Gasteiger partial charge in [-0.15, -0.1) is 0 Å². The van der Waals surface area contributed by atoms with Gasteiger partial charge in [0.25, 0.3) is 5.72 Å². The molecule has 1 unspecified atom stereocenters. The minimum atomic E-state index is -1.99. The molecule has 20 heavy (non-hydrogen) atoms. The molecule has 0 saturated carbocycles. The SMILES string of the molecule is O=C(O)C1(O)C2=C(CCNC2)NN1Cc1ccccc1. The maximum atomic E-state index is 11.6. The highest BCUT2D eigenvalue weighted by Crippen LogP contribution is 2.33. The van der Waals surface area contributed by atoms with E-state index in [0.717, 1.165) is 17.8 Å². The Hall–Kier alpha value is -1.89. The molecule has 0 radical (unpaired) electrons. The minimum Gasteiger partial charge on any atom is -0.478 e. The van der Waals surface area contributed by atoms with Crippen molar-refractivity contribution in [1.82, 2.24) is 15.8 Å². The molecule has 1 aromatic rings. The van der Waals surface area contributed by atoms with Crippen LogP contribution in [0.15, 0.2) is 41.6 Å². The number of benzene rings is 1. The summed E-state index contributed by atoms with van der Waals surface area (Å²) in [5, 5.41) is 24.6. The fourth-order valence-corrected chi connectivity index (χ4v) is 2.71. The average Bonchev–Trinajstić information content (AvgIpc) is 2.75. The van der Waals surface area contributed by atoms with E-state index in [-0.39, 0.29) is 0 Å².